The molecule has 1 aliphatic rings. The lowest BCUT2D eigenvalue weighted by molar-refractivity contribution is -0.384. The fourth-order valence-corrected chi connectivity index (χ4v) is 2.57. The van der Waals surface area contributed by atoms with Gasteiger partial charge in [0.2, 0.25) is 0 Å². The van der Waals surface area contributed by atoms with Gasteiger partial charge < -0.3 is 15.0 Å². The predicted molar refractivity (Wildman–Crippen MR) is 86.1 cm³/mol. The number of urea groups is 1. The third-order valence-electron chi connectivity index (χ3n) is 3.64. The van der Waals surface area contributed by atoms with Gasteiger partial charge in [-0.3, -0.25) is 10.1 Å². The molecule has 24 heavy (non-hydrogen) atoms. The Bertz CT molecular complexity index is 726. The highest BCUT2D eigenvalue weighted by Gasteiger charge is 2.37. The van der Waals surface area contributed by atoms with Crippen molar-refractivity contribution >= 4 is 17.7 Å². The molecule has 0 saturated carbocycles. The van der Waals surface area contributed by atoms with Gasteiger partial charge in [-0.1, -0.05) is 12.1 Å². The van der Waals surface area contributed by atoms with E-state index in [1.54, 1.807) is 26.8 Å². The molecule has 128 valence electrons. The Balaban J connectivity index is 2.55. The molecular weight excluding hydrogens is 314 g/mol. The normalized spacial score (nSPS) is 17.8. The largest absolute Gasteiger partial charge is 0.459 e. The number of carbonyl (C=O) groups excluding carboxylic acids is 2. The van der Waals surface area contributed by atoms with E-state index in [9.17, 15) is 19.7 Å². The Kier molecular flexibility index (Phi) is 4.87. The number of nitro benzene ring substituents is 1. The Labute approximate surface area is 139 Å². The van der Waals surface area contributed by atoms with Crippen LogP contribution in [0.4, 0.5) is 10.5 Å². The summed E-state index contributed by atoms with van der Waals surface area (Å²) in [5.41, 5.74) is 0.990. The first-order valence-corrected chi connectivity index (χ1v) is 7.42. The number of likely N-dealkylation sites (N-methyl/N-ethyl adjacent to an activating group) is 1. The number of hydrogen-bond acceptors (Lipinski definition) is 5. The first kappa shape index (κ1) is 17.5. The van der Waals surface area contributed by atoms with Gasteiger partial charge in [0, 0.05) is 24.9 Å². The molecule has 0 bridgehead atoms. The maximum Gasteiger partial charge on any atom is 0.338 e. The molecule has 0 saturated heterocycles. The van der Waals surface area contributed by atoms with Crippen LogP contribution in [0.15, 0.2) is 35.5 Å². The number of carbonyl (C=O) groups is 2. The van der Waals surface area contributed by atoms with Gasteiger partial charge in [0.25, 0.3) is 5.69 Å². The van der Waals surface area contributed by atoms with Gasteiger partial charge in [0.15, 0.2) is 0 Å². The third kappa shape index (κ3) is 3.37. The van der Waals surface area contributed by atoms with Crippen LogP contribution in [0, 0.1) is 10.1 Å². The summed E-state index contributed by atoms with van der Waals surface area (Å²) in [5, 5.41) is 13.6. The van der Waals surface area contributed by atoms with Gasteiger partial charge in [-0.05, 0) is 26.3 Å². The lowest BCUT2D eigenvalue weighted by atomic mass is 9.94. The van der Waals surface area contributed by atoms with Crippen molar-refractivity contribution in [2.75, 3.05) is 7.05 Å². The van der Waals surface area contributed by atoms with Crippen LogP contribution in [-0.2, 0) is 9.53 Å². The molecule has 0 radical (unpaired) electrons. The quantitative estimate of drug-likeness (QED) is 0.518. The van der Waals surface area contributed by atoms with E-state index >= 15 is 0 Å². The fourth-order valence-electron chi connectivity index (χ4n) is 2.57. The Morgan fingerprint density at radius 1 is 1.42 bits per heavy atom. The molecule has 1 atom stereocenters. The summed E-state index contributed by atoms with van der Waals surface area (Å²) in [5.74, 6) is -0.564. The zero-order valence-corrected chi connectivity index (χ0v) is 13.9. The van der Waals surface area contributed by atoms with Crippen LogP contribution in [0.2, 0.25) is 0 Å². The van der Waals surface area contributed by atoms with E-state index in [4.69, 9.17) is 4.74 Å². The standard InChI is InChI=1S/C16H19N3O5/c1-9(2)24-15(20)13-10(3)17-16(21)18(4)14(13)11-6-5-7-12(8-11)19(22)23/h5-9,14H,1-4H3,(H,17,21). The van der Waals surface area contributed by atoms with Gasteiger partial charge in [0.05, 0.1) is 22.6 Å². The lowest BCUT2D eigenvalue weighted by Gasteiger charge is -2.35. The molecule has 1 unspecified atom stereocenters. The van der Waals surface area contributed by atoms with Crippen molar-refractivity contribution in [2.45, 2.75) is 32.9 Å². The topological polar surface area (TPSA) is 102 Å². The van der Waals surface area contributed by atoms with Crippen LogP contribution in [0.3, 0.4) is 0 Å². The van der Waals surface area contributed by atoms with Crippen molar-refractivity contribution in [1.82, 2.24) is 10.2 Å². The monoisotopic (exact) mass is 333 g/mol. The summed E-state index contributed by atoms with van der Waals surface area (Å²) in [4.78, 5) is 36.4. The van der Waals surface area contributed by atoms with E-state index in [-0.39, 0.29) is 17.4 Å². The lowest BCUT2D eigenvalue weighted by Crippen LogP contribution is -2.46. The highest BCUT2D eigenvalue weighted by atomic mass is 16.6. The van der Waals surface area contributed by atoms with Crippen molar-refractivity contribution in [3.8, 4) is 0 Å². The maximum absolute atomic E-state index is 12.5. The number of esters is 1. The third-order valence-corrected chi connectivity index (χ3v) is 3.64. The van der Waals surface area contributed by atoms with Gasteiger partial charge >= 0.3 is 12.0 Å². The Morgan fingerprint density at radius 2 is 2.08 bits per heavy atom. The molecular formula is C16H19N3O5. The van der Waals surface area contributed by atoms with E-state index < -0.39 is 23.0 Å². The summed E-state index contributed by atoms with van der Waals surface area (Å²) in [6, 6.07) is 4.72. The average molecular weight is 333 g/mol. The molecule has 2 rings (SSSR count). The van der Waals surface area contributed by atoms with Gasteiger partial charge in [-0.25, -0.2) is 9.59 Å². The predicted octanol–water partition coefficient (Wildman–Crippen LogP) is 2.52. The first-order chi connectivity index (χ1) is 11.2. The van der Waals surface area contributed by atoms with E-state index in [1.807, 2.05) is 0 Å². The number of non-ortho nitro benzene ring substituents is 1. The highest BCUT2D eigenvalue weighted by Crippen LogP contribution is 2.34. The van der Waals surface area contributed by atoms with Crippen LogP contribution in [0.1, 0.15) is 32.4 Å². The molecule has 1 heterocycles. The molecule has 1 N–H and O–H groups in total. The molecule has 1 aliphatic heterocycles. The number of benzene rings is 1. The van der Waals surface area contributed by atoms with E-state index in [0.717, 1.165) is 0 Å². The molecule has 8 heteroatoms. The van der Waals surface area contributed by atoms with Gasteiger partial charge in [-0.15, -0.1) is 0 Å². The van der Waals surface area contributed by atoms with Crippen molar-refractivity contribution in [2.24, 2.45) is 0 Å². The van der Waals surface area contributed by atoms with Crippen LogP contribution in [-0.4, -0.2) is 35.0 Å². The molecule has 0 fully saturated rings. The minimum atomic E-state index is -0.759. The highest BCUT2D eigenvalue weighted by molar-refractivity contribution is 5.95. The number of ether oxygens (including phenoxy) is 1. The molecule has 8 nitrogen and oxygen atoms in total. The van der Waals surface area contributed by atoms with Crippen molar-refractivity contribution in [1.29, 1.82) is 0 Å². The van der Waals surface area contributed by atoms with Crippen LogP contribution >= 0.6 is 0 Å². The Morgan fingerprint density at radius 3 is 2.67 bits per heavy atom. The van der Waals surface area contributed by atoms with Crippen molar-refractivity contribution in [3.05, 3.63) is 51.2 Å². The molecule has 0 aliphatic carbocycles. The summed E-state index contributed by atoms with van der Waals surface area (Å²) in [7, 11) is 1.52. The summed E-state index contributed by atoms with van der Waals surface area (Å²) < 4.78 is 5.26. The zero-order valence-electron chi connectivity index (χ0n) is 13.9. The smallest absolute Gasteiger partial charge is 0.338 e. The van der Waals surface area contributed by atoms with Crippen LogP contribution in [0.25, 0.3) is 0 Å². The van der Waals surface area contributed by atoms with Crippen molar-refractivity contribution in [3.63, 3.8) is 0 Å². The number of nitrogens with one attached hydrogen (secondary N) is 1. The van der Waals surface area contributed by atoms with Gasteiger partial charge in [0.1, 0.15) is 0 Å². The van der Waals surface area contributed by atoms with Crippen LogP contribution in [0.5, 0.6) is 0 Å². The second-order valence-corrected chi connectivity index (χ2v) is 5.79. The average Bonchev–Trinajstić information content (AvgIpc) is 2.49. The second kappa shape index (κ2) is 6.69. The number of allylic oxidation sites excluding steroid dienone is 1. The van der Waals surface area contributed by atoms with E-state index in [0.29, 0.717) is 11.3 Å². The number of nitrogens with zero attached hydrogens (tertiary/aromatic N) is 2. The maximum atomic E-state index is 12.5. The van der Waals surface area contributed by atoms with Crippen molar-refractivity contribution < 1.29 is 19.2 Å². The van der Waals surface area contributed by atoms with Crippen LogP contribution < -0.4 is 5.32 Å². The van der Waals surface area contributed by atoms with E-state index in [2.05, 4.69) is 5.32 Å². The van der Waals surface area contributed by atoms with Gasteiger partial charge in [-0.2, -0.15) is 0 Å². The number of nitro groups is 1. The number of hydrogen-bond donors (Lipinski definition) is 1. The second-order valence-electron chi connectivity index (χ2n) is 5.79. The fraction of sp³-hybridized carbons (Fsp3) is 0.375. The minimum Gasteiger partial charge on any atom is -0.459 e. The molecule has 2 amide bonds. The number of amides is 2. The molecule has 0 aromatic heterocycles. The molecule has 0 spiro atoms. The SMILES string of the molecule is CC1=C(C(=O)OC(C)C)C(c2cccc([N+](=O)[O-])c2)N(C)C(=O)N1. The Hall–Kier alpha value is -2.90. The number of rotatable bonds is 4. The minimum absolute atomic E-state index is 0.110. The summed E-state index contributed by atoms with van der Waals surface area (Å²) in [6.07, 6.45) is -0.327. The van der Waals surface area contributed by atoms with E-state index in [1.165, 1.54) is 30.1 Å². The summed E-state index contributed by atoms with van der Waals surface area (Å²) >= 11 is 0. The summed E-state index contributed by atoms with van der Waals surface area (Å²) in [6.45, 7) is 5.05. The zero-order chi connectivity index (χ0) is 18.0. The first-order valence-electron chi connectivity index (χ1n) is 7.42. The molecule has 1 aromatic rings. The molecule has 1 aromatic carbocycles.